The third-order valence-corrected chi connectivity index (χ3v) is 5.01. The average molecular weight is 343 g/mol. The van der Waals surface area contributed by atoms with Gasteiger partial charge in [-0.15, -0.1) is 0 Å². The van der Waals surface area contributed by atoms with Crippen LogP contribution in [0.15, 0.2) is 53.5 Å². The number of aromatic hydroxyl groups is 1. The Labute approximate surface area is 149 Å². The van der Waals surface area contributed by atoms with Crippen molar-refractivity contribution in [1.82, 2.24) is 14.3 Å². The van der Waals surface area contributed by atoms with Gasteiger partial charge in [0.25, 0.3) is 5.56 Å². The minimum Gasteiger partial charge on any atom is -0.508 e. The quantitative estimate of drug-likeness (QED) is 0.499. The maximum absolute atomic E-state index is 13.3. The van der Waals surface area contributed by atoms with Gasteiger partial charge in [0.15, 0.2) is 0 Å². The number of nitrogens with zero attached hydrogens (tertiary/aromatic N) is 3. The number of hydrogen-bond acceptors (Lipinski definition) is 4. The molecule has 0 fully saturated rings. The Morgan fingerprint density at radius 1 is 1.04 bits per heavy atom. The van der Waals surface area contributed by atoms with Gasteiger partial charge < -0.3 is 10.0 Å². The molecule has 0 aliphatic rings. The lowest BCUT2D eigenvalue weighted by Crippen LogP contribution is -2.13. The van der Waals surface area contributed by atoms with Gasteiger partial charge >= 0.3 is 0 Å². The van der Waals surface area contributed by atoms with Crippen LogP contribution in [0.1, 0.15) is 5.56 Å². The summed E-state index contributed by atoms with van der Waals surface area (Å²) in [6, 6.07) is 13.0. The van der Waals surface area contributed by atoms with Crippen LogP contribution in [0.25, 0.3) is 38.1 Å². The number of hydrogen-bond donors (Lipinski definition) is 1. The maximum atomic E-state index is 13.3. The van der Waals surface area contributed by atoms with Crippen LogP contribution in [0, 0.1) is 0 Å². The van der Waals surface area contributed by atoms with Crippen LogP contribution in [0.5, 0.6) is 5.75 Å². The van der Waals surface area contributed by atoms with E-state index in [0.29, 0.717) is 11.9 Å². The third kappa shape index (κ3) is 1.83. The van der Waals surface area contributed by atoms with Crippen LogP contribution in [0.2, 0.25) is 0 Å². The normalized spacial score (nSPS) is 12.3. The van der Waals surface area contributed by atoms with Crippen LogP contribution in [-0.2, 0) is 6.54 Å². The fourth-order valence-electron chi connectivity index (χ4n) is 3.99. The lowest BCUT2D eigenvalue weighted by molar-refractivity contribution is 0.388. The highest BCUT2D eigenvalue weighted by atomic mass is 16.3. The summed E-state index contributed by atoms with van der Waals surface area (Å²) in [4.78, 5) is 19.8. The van der Waals surface area contributed by atoms with Gasteiger partial charge in [0.1, 0.15) is 5.75 Å². The second kappa shape index (κ2) is 5.16. The molecule has 0 unspecified atom stereocenters. The van der Waals surface area contributed by atoms with Crippen molar-refractivity contribution in [3.8, 4) is 5.75 Å². The Morgan fingerprint density at radius 2 is 1.81 bits per heavy atom. The summed E-state index contributed by atoms with van der Waals surface area (Å²) < 4.78 is 1.74. The number of benzene rings is 2. The van der Waals surface area contributed by atoms with Crippen molar-refractivity contribution in [3.05, 3.63) is 64.6 Å². The molecule has 0 atom stereocenters. The van der Waals surface area contributed by atoms with E-state index < -0.39 is 0 Å². The van der Waals surface area contributed by atoms with Crippen molar-refractivity contribution in [2.75, 3.05) is 14.1 Å². The highest BCUT2D eigenvalue weighted by molar-refractivity contribution is 6.19. The summed E-state index contributed by atoms with van der Waals surface area (Å²) >= 11 is 0. The minimum atomic E-state index is -0.0532. The molecule has 0 bridgehead atoms. The molecule has 2 aromatic carbocycles. The largest absolute Gasteiger partial charge is 0.508 e. The molecule has 0 saturated heterocycles. The van der Waals surface area contributed by atoms with Crippen LogP contribution in [0.3, 0.4) is 0 Å². The molecule has 1 N–H and O–H groups in total. The fourth-order valence-corrected chi connectivity index (χ4v) is 3.99. The lowest BCUT2D eigenvalue weighted by Gasteiger charge is -2.12. The molecule has 5 heteroatoms. The molecule has 3 aromatic heterocycles. The molecular weight excluding hydrogens is 326 g/mol. The lowest BCUT2D eigenvalue weighted by atomic mass is 10.0. The fraction of sp³-hybridized carbons (Fsp3) is 0.143. The number of phenolic OH excluding ortho intramolecular Hbond substituents is 1. The molecule has 0 spiro atoms. The SMILES string of the molecule is CN(C)Cc1c(O)ccc2c1c1ccnc3c4ccccc4c(=O)n2c13. The predicted octanol–water partition coefficient (Wildman–Crippen LogP) is 3.36. The molecule has 0 radical (unpaired) electrons. The van der Waals surface area contributed by atoms with E-state index in [1.165, 1.54) is 0 Å². The third-order valence-electron chi connectivity index (χ3n) is 5.01. The summed E-state index contributed by atoms with van der Waals surface area (Å²) in [6.07, 6.45) is 1.78. The van der Waals surface area contributed by atoms with E-state index in [0.717, 1.165) is 38.3 Å². The van der Waals surface area contributed by atoms with Crippen molar-refractivity contribution < 1.29 is 5.11 Å². The van der Waals surface area contributed by atoms with Crippen molar-refractivity contribution >= 4 is 38.1 Å². The average Bonchev–Trinajstić information content (AvgIpc) is 2.97. The van der Waals surface area contributed by atoms with Crippen LogP contribution >= 0.6 is 0 Å². The summed E-state index contributed by atoms with van der Waals surface area (Å²) in [7, 11) is 3.92. The zero-order chi connectivity index (χ0) is 18.0. The van der Waals surface area contributed by atoms with Gasteiger partial charge in [-0.1, -0.05) is 18.2 Å². The van der Waals surface area contributed by atoms with Crippen LogP contribution in [0.4, 0.5) is 0 Å². The zero-order valence-corrected chi connectivity index (χ0v) is 14.5. The van der Waals surface area contributed by atoms with E-state index in [-0.39, 0.29) is 11.3 Å². The maximum Gasteiger partial charge on any atom is 0.263 e. The Bertz CT molecular complexity index is 1370. The summed E-state index contributed by atoms with van der Waals surface area (Å²) in [5, 5.41) is 13.9. The van der Waals surface area contributed by atoms with Gasteiger partial charge in [-0.2, -0.15) is 0 Å². The van der Waals surface area contributed by atoms with Gasteiger partial charge in [0, 0.05) is 39.8 Å². The first kappa shape index (κ1) is 15.1. The van der Waals surface area contributed by atoms with Gasteiger partial charge in [-0.25, -0.2) is 0 Å². The monoisotopic (exact) mass is 343 g/mol. The summed E-state index contributed by atoms with van der Waals surface area (Å²) in [5.41, 5.74) is 3.21. The van der Waals surface area contributed by atoms with Crippen LogP contribution in [-0.4, -0.2) is 33.5 Å². The Hall–Kier alpha value is -3.18. The van der Waals surface area contributed by atoms with E-state index in [9.17, 15) is 9.90 Å². The first-order valence-corrected chi connectivity index (χ1v) is 8.50. The van der Waals surface area contributed by atoms with Gasteiger partial charge in [-0.3, -0.25) is 14.2 Å². The van der Waals surface area contributed by atoms with Crippen molar-refractivity contribution in [2.24, 2.45) is 0 Å². The molecule has 5 nitrogen and oxygen atoms in total. The van der Waals surface area contributed by atoms with Crippen molar-refractivity contribution in [3.63, 3.8) is 0 Å². The Morgan fingerprint density at radius 3 is 2.58 bits per heavy atom. The van der Waals surface area contributed by atoms with E-state index in [1.54, 1.807) is 16.7 Å². The molecule has 3 heterocycles. The van der Waals surface area contributed by atoms with E-state index in [1.807, 2.05) is 55.4 Å². The Balaban J connectivity index is 2.14. The smallest absolute Gasteiger partial charge is 0.263 e. The molecule has 128 valence electrons. The first-order valence-electron chi connectivity index (χ1n) is 8.50. The second-order valence-electron chi connectivity index (χ2n) is 6.94. The molecule has 0 aliphatic carbocycles. The number of rotatable bonds is 2. The van der Waals surface area contributed by atoms with Crippen LogP contribution < -0.4 is 5.56 Å². The number of aromatic nitrogens is 2. The van der Waals surface area contributed by atoms with Gasteiger partial charge in [0.2, 0.25) is 0 Å². The molecule has 0 saturated carbocycles. The van der Waals surface area contributed by atoms with E-state index in [4.69, 9.17) is 0 Å². The first-order chi connectivity index (χ1) is 12.6. The highest BCUT2D eigenvalue weighted by Gasteiger charge is 2.21. The molecule has 0 aliphatic heterocycles. The molecule has 5 rings (SSSR count). The van der Waals surface area contributed by atoms with E-state index in [2.05, 4.69) is 4.98 Å². The minimum absolute atomic E-state index is 0.0532. The predicted molar refractivity (Wildman–Crippen MR) is 104 cm³/mol. The van der Waals surface area contributed by atoms with E-state index >= 15 is 0 Å². The van der Waals surface area contributed by atoms with Gasteiger partial charge in [-0.05, 0) is 38.4 Å². The molecule has 5 aromatic rings. The number of fused-ring (bicyclic) bond motifs is 5. The molecular formula is C21H17N3O2. The van der Waals surface area contributed by atoms with Gasteiger partial charge in [0.05, 0.1) is 16.6 Å². The zero-order valence-electron chi connectivity index (χ0n) is 14.5. The summed E-state index contributed by atoms with van der Waals surface area (Å²) in [6.45, 7) is 0.584. The molecule has 0 amide bonds. The standard InChI is InChI=1S/C21H17N3O2/c1-23(2)11-15-17(25)8-7-16-18(15)14-9-10-22-19-12-5-3-4-6-13(12)21(26)24(16)20(14)19/h3-10,25H,11H2,1-2H3. The molecule has 26 heavy (non-hydrogen) atoms. The highest BCUT2D eigenvalue weighted by Crippen LogP contribution is 2.37. The van der Waals surface area contributed by atoms with Crippen molar-refractivity contribution in [1.29, 1.82) is 0 Å². The second-order valence-corrected chi connectivity index (χ2v) is 6.94. The number of phenols is 1. The van der Waals surface area contributed by atoms with Crippen molar-refractivity contribution in [2.45, 2.75) is 6.54 Å². The summed E-state index contributed by atoms with van der Waals surface area (Å²) in [5.74, 6) is 0.243. The number of pyridine rings is 2. The Kier molecular flexibility index (Phi) is 3.00. The topological polar surface area (TPSA) is 57.8 Å².